The average molecular weight is 680 g/mol. The first-order valence-electron chi connectivity index (χ1n) is 17.8. The molecule has 4 aromatic carbocycles. The Morgan fingerprint density at radius 1 is 0.680 bits per heavy atom. The number of nitrogens with zero attached hydrogens (tertiary/aromatic N) is 1. The number of carbonyl (C=O) groups is 3. The molecule has 0 bridgehead atoms. The summed E-state index contributed by atoms with van der Waals surface area (Å²) in [5.74, 6) is -0.186. The molecule has 5 rings (SSSR count). The van der Waals surface area contributed by atoms with E-state index in [2.05, 4.69) is 26.2 Å². The maximum Gasteiger partial charge on any atom is 0.411 e. The molecule has 0 saturated carbocycles. The van der Waals surface area contributed by atoms with Crippen LogP contribution in [0.4, 0.5) is 21.9 Å². The summed E-state index contributed by atoms with van der Waals surface area (Å²) in [6.07, 6.45) is 1.47. The van der Waals surface area contributed by atoms with Crippen LogP contribution in [0.2, 0.25) is 0 Å². The van der Waals surface area contributed by atoms with Gasteiger partial charge in [0.25, 0.3) is 0 Å². The van der Waals surface area contributed by atoms with Crippen LogP contribution < -0.4 is 21.3 Å². The molecule has 1 heterocycles. The summed E-state index contributed by atoms with van der Waals surface area (Å²) in [6, 6.07) is 34.8. The largest absolute Gasteiger partial charge is 0.446 e. The van der Waals surface area contributed by atoms with Crippen LogP contribution in [0.3, 0.4) is 0 Å². The minimum absolute atomic E-state index is 0.0918. The normalized spacial score (nSPS) is 12.6. The molecule has 9 heteroatoms. The van der Waals surface area contributed by atoms with Crippen LogP contribution in [0.25, 0.3) is 11.1 Å². The van der Waals surface area contributed by atoms with Crippen molar-refractivity contribution in [1.29, 1.82) is 0 Å². The SMILES string of the molecule is CC.CC.O=C(CCNCc1ccccc1)Nc1cccc(NC(=O)CCN2CCC(OC(=O)Nc3ccccc3-c3ccccc3)CC2)c1. The lowest BCUT2D eigenvalue weighted by atomic mass is 10.0. The quantitative estimate of drug-likeness (QED) is 0.105. The fraction of sp³-hybridized carbons (Fsp3) is 0.341. The van der Waals surface area contributed by atoms with Crippen LogP contribution in [0.15, 0.2) is 109 Å². The number of ether oxygens (including phenoxy) is 1. The van der Waals surface area contributed by atoms with Gasteiger partial charge in [-0.25, -0.2) is 4.79 Å². The second-order valence-corrected chi connectivity index (χ2v) is 11.3. The molecule has 1 aliphatic heterocycles. The highest BCUT2D eigenvalue weighted by Gasteiger charge is 2.23. The molecule has 0 radical (unpaired) electrons. The monoisotopic (exact) mass is 679 g/mol. The van der Waals surface area contributed by atoms with Crippen molar-refractivity contribution in [3.8, 4) is 11.1 Å². The van der Waals surface area contributed by atoms with Crippen LogP contribution in [0, 0.1) is 0 Å². The molecule has 9 nitrogen and oxygen atoms in total. The van der Waals surface area contributed by atoms with E-state index in [1.165, 1.54) is 5.56 Å². The Morgan fingerprint density at radius 2 is 1.26 bits per heavy atom. The number of amides is 3. The first-order chi connectivity index (χ1) is 24.5. The van der Waals surface area contributed by atoms with Crippen LogP contribution in [-0.4, -0.2) is 55.1 Å². The van der Waals surface area contributed by atoms with Crippen molar-refractivity contribution < 1.29 is 19.1 Å². The van der Waals surface area contributed by atoms with Gasteiger partial charge in [-0.1, -0.05) is 113 Å². The van der Waals surface area contributed by atoms with Gasteiger partial charge in [-0.15, -0.1) is 0 Å². The van der Waals surface area contributed by atoms with Crippen molar-refractivity contribution in [1.82, 2.24) is 10.2 Å². The summed E-state index contributed by atoms with van der Waals surface area (Å²) in [4.78, 5) is 40.0. The van der Waals surface area contributed by atoms with Crippen LogP contribution >= 0.6 is 0 Å². The molecule has 0 atom stereocenters. The third-order valence-electron chi connectivity index (χ3n) is 7.84. The molecule has 4 aromatic rings. The molecule has 1 aliphatic rings. The molecule has 1 saturated heterocycles. The molecule has 4 N–H and O–H groups in total. The van der Waals surface area contributed by atoms with Gasteiger partial charge in [-0.3, -0.25) is 14.9 Å². The Labute approximate surface area is 297 Å². The van der Waals surface area contributed by atoms with E-state index in [1.807, 2.05) is 113 Å². The zero-order chi connectivity index (χ0) is 36.0. The van der Waals surface area contributed by atoms with E-state index < -0.39 is 6.09 Å². The first kappa shape index (κ1) is 39.4. The Kier molecular flexibility index (Phi) is 17.8. The highest BCUT2D eigenvalue weighted by atomic mass is 16.6. The summed E-state index contributed by atoms with van der Waals surface area (Å²) in [5, 5.41) is 12.0. The predicted molar refractivity (Wildman–Crippen MR) is 205 cm³/mol. The van der Waals surface area contributed by atoms with Gasteiger partial charge in [-0.2, -0.15) is 0 Å². The second kappa shape index (κ2) is 22.6. The van der Waals surface area contributed by atoms with Gasteiger partial charge >= 0.3 is 6.09 Å². The number of para-hydroxylation sites is 1. The van der Waals surface area contributed by atoms with Gasteiger partial charge in [0.2, 0.25) is 11.8 Å². The molecule has 50 heavy (non-hydrogen) atoms. The standard InChI is InChI=1S/C37H41N5O4.2C2H6/c43-35(18-22-38-27-28-10-3-1-4-11-28)39-30-14-9-15-31(26-30)40-36(44)21-25-42-23-19-32(20-24-42)46-37(45)41-34-17-8-7-16-33(34)29-12-5-2-6-13-29;2*1-2/h1-17,26,32,38H,18-25,27H2,(H,39,43)(H,40,44)(H,41,45);2*1-2H3. The topological polar surface area (TPSA) is 112 Å². The lowest BCUT2D eigenvalue weighted by molar-refractivity contribution is -0.117. The molecule has 0 aliphatic carbocycles. The van der Waals surface area contributed by atoms with Gasteiger partial charge in [0.1, 0.15) is 6.10 Å². The number of nitrogens with one attached hydrogen (secondary N) is 4. The van der Waals surface area contributed by atoms with Crippen molar-refractivity contribution >= 4 is 35.0 Å². The minimum atomic E-state index is -0.459. The van der Waals surface area contributed by atoms with Crippen molar-refractivity contribution in [2.45, 2.75) is 66.0 Å². The number of likely N-dealkylation sites (tertiary alicyclic amines) is 1. The number of rotatable bonds is 13. The van der Waals surface area contributed by atoms with Gasteiger partial charge in [-0.05, 0) is 48.2 Å². The summed E-state index contributed by atoms with van der Waals surface area (Å²) >= 11 is 0. The van der Waals surface area contributed by atoms with Crippen molar-refractivity contribution in [3.63, 3.8) is 0 Å². The molecule has 0 aromatic heterocycles. The van der Waals surface area contributed by atoms with Crippen LogP contribution in [-0.2, 0) is 20.9 Å². The fourth-order valence-electron chi connectivity index (χ4n) is 5.41. The van der Waals surface area contributed by atoms with E-state index >= 15 is 0 Å². The predicted octanol–water partition coefficient (Wildman–Crippen LogP) is 8.57. The maximum atomic E-state index is 12.7. The Bertz CT molecular complexity index is 1570. The van der Waals surface area contributed by atoms with Crippen molar-refractivity contribution in [2.24, 2.45) is 0 Å². The van der Waals surface area contributed by atoms with E-state index in [0.29, 0.717) is 62.4 Å². The third kappa shape index (κ3) is 13.9. The number of hydrogen-bond acceptors (Lipinski definition) is 6. The average Bonchev–Trinajstić information content (AvgIpc) is 3.16. The van der Waals surface area contributed by atoms with E-state index in [-0.39, 0.29) is 17.9 Å². The second-order valence-electron chi connectivity index (χ2n) is 11.3. The van der Waals surface area contributed by atoms with E-state index in [0.717, 1.165) is 24.2 Å². The zero-order valence-electron chi connectivity index (χ0n) is 29.9. The Morgan fingerprint density at radius 3 is 1.92 bits per heavy atom. The smallest absolute Gasteiger partial charge is 0.411 e. The van der Waals surface area contributed by atoms with E-state index in [1.54, 1.807) is 24.3 Å². The maximum absolute atomic E-state index is 12.7. The lowest BCUT2D eigenvalue weighted by Crippen LogP contribution is -2.39. The summed E-state index contributed by atoms with van der Waals surface area (Å²) in [6.45, 7) is 11.4. The van der Waals surface area contributed by atoms with Crippen molar-refractivity contribution in [3.05, 3.63) is 115 Å². The Balaban J connectivity index is 0.00000163. The molecular formula is C41H53N5O4. The summed E-state index contributed by atoms with van der Waals surface area (Å²) < 4.78 is 5.73. The molecule has 3 amide bonds. The summed E-state index contributed by atoms with van der Waals surface area (Å²) in [7, 11) is 0. The lowest BCUT2D eigenvalue weighted by Gasteiger charge is -2.31. The van der Waals surface area contributed by atoms with E-state index in [4.69, 9.17) is 4.74 Å². The first-order valence-corrected chi connectivity index (χ1v) is 17.8. The van der Waals surface area contributed by atoms with Gasteiger partial charge < -0.3 is 25.6 Å². The number of carbonyl (C=O) groups excluding carboxylic acids is 3. The number of benzene rings is 4. The van der Waals surface area contributed by atoms with Crippen LogP contribution in [0.1, 0.15) is 58.9 Å². The van der Waals surface area contributed by atoms with E-state index in [9.17, 15) is 14.4 Å². The Hall–Kier alpha value is -4.99. The minimum Gasteiger partial charge on any atom is -0.446 e. The molecule has 0 spiro atoms. The number of hydrogen-bond donors (Lipinski definition) is 4. The third-order valence-corrected chi connectivity index (χ3v) is 7.84. The zero-order valence-corrected chi connectivity index (χ0v) is 29.9. The number of anilines is 3. The summed E-state index contributed by atoms with van der Waals surface area (Å²) in [5.41, 5.74) is 5.12. The molecule has 266 valence electrons. The van der Waals surface area contributed by atoms with Crippen molar-refractivity contribution in [2.75, 3.05) is 42.1 Å². The van der Waals surface area contributed by atoms with Gasteiger partial charge in [0, 0.05) is 62.5 Å². The fourth-order valence-corrected chi connectivity index (χ4v) is 5.41. The van der Waals surface area contributed by atoms with Crippen LogP contribution in [0.5, 0.6) is 0 Å². The van der Waals surface area contributed by atoms with Gasteiger partial charge in [0.05, 0.1) is 5.69 Å². The molecule has 1 fully saturated rings. The highest BCUT2D eigenvalue weighted by Crippen LogP contribution is 2.28. The molecular weight excluding hydrogens is 626 g/mol. The molecule has 0 unspecified atom stereocenters. The highest BCUT2D eigenvalue weighted by molar-refractivity contribution is 5.94. The van der Waals surface area contributed by atoms with Gasteiger partial charge in [0.15, 0.2) is 0 Å². The number of piperidine rings is 1.